The van der Waals surface area contributed by atoms with Crippen molar-refractivity contribution >= 4 is 30.0 Å². The molecule has 0 aromatic heterocycles. The number of piperidine rings is 1. The summed E-state index contributed by atoms with van der Waals surface area (Å²) in [7, 11) is 0. The van der Waals surface area contributed by atoms with Crippen molar-refractivity contribution in [2.75, 3.05) is 25.0 Å². The van der Waals surface area contributed by atoms with Crippen molar-refractivity contribution in [3.8, 4) is 0 Å². The number of benzene rings is 1. The number of halogens is 1. The van der Waals surface area contributed by atoms with Crippen molar-refractivity contribution in [1.29, 1.82) is 0 Å². The molecule has 0 aliphatic carbocycles. The molecule has 1 aromatic carbocycles. The van der Waals surface area contributed by atoms with Gasteiger partial charge in [0.1, 0.15) is 0 Å². The maximum Gasteiger partial charge on any atom is 0.319 e. The van der Waals surface area contributed by atoms with Crippen LogP contribution in [-0.4, -0.2) is 42.5 Å². The summed E-state index contributed by atoms with van der Waals surface area (Å²) in [5.74, 6) is 0.475. The van der Waals surface area contributed by atoms with Crippen LogP contribution in [0.2, 0.25) is 0 Å². The molecule has 1 aliphatic heterocycles. The molecule has 2 rings (SSSR count). The Morgan fingerprint density at radius 3 is 2.65 bits per heavy atom. The molecule has 0 spiro atoms. The molecule has 2 unspecified atom stereocenters. The van der Waals surface area contributed by atoms with Gasteiger partial charge in [0.05, 0.1) is 0 Å². The summed E-state index contributed by atoms with van der Waals surface area (Å²) in [5.41, 5.74) is 7.66. The van der Waals surface area contributed by atoms with E-state index in [0.717, 1.165) is 37.1 Å². The summed E-state index contributed by atoms with van der Waals surface area (Å²) < 4.78 is 0. The van der Waals surface area contributed by atoms with Gasteiger partial charge in [-0.15, -0.1) is 12.4 Å². The van der Waals surface area contributed by atoms with E-state index in [9.17, 15) is 9.59 Å². The van der Waals surface area contributed by atoms with Crippen LogP contribution in [0, 0.1) is 12.8 Å². The molecule has 1 heterocycles. The van der Waals surface area contributed by atoms with Crippen LogP contribution in [0.25, 0.3) is 0 Å². The van der Waals surface area contributed by atoms with Crippen molar-refractivity contribution in [3.63, 3.8) is 0 Å². The van der Waals surface area contributed by atoms with Crippen molar-refractivity contribution in [2.45, 2.75) is 45.6 Å². The number of nitrogens with one attached hydrogen (secondary N) is 2. The molecule has 2 atom stereocenters. The minimum atomic E-state index is -0.204. The Morgan fingerprint density at radius 2 is 2.00 bits per heavy atom. The number of carbonyl (C=O) groups is 2. The lowest BCUT2D eigenvalue weighted by Crippen LogP contribution is -2.44. The highest BCUT2D eigenvalue weighted by atomic mass is 35.5. The summed E-state index contributed by atoms with van der Waals surface area (Å²) >= 11 is 0. The molecule has 7 heteroatoms. The summed E-state index contributed by atoms with van der Waals surface area (Å²) in [6.45, 7) is 6.03. The lowest BCUT2D eigenvalue weighted by molar-refractivity contribution is -0.133. The Kier molecular flexibility index (Phi) is 9.44. The largest absolute Gasteiger partial charge is 0.342 e. The van der Waals surface area contributed by atoms with Crippen molar-refractivity contribution < 1.29 is 9.59 Å². The van der Waals surface area contributed by atoms with Crippen LogP contribution in [0.4, 0.5) is 10.5 Å². The highest BCUT2D eigenvalue weighted by Gasteiger charge is 2.23. The van der Waals surface area contributed by atoms with Crippen LogP contribution in [0.3, 0.4) is 0 Å². The van der Waals surface area contributed by atoms with E-state index in [-0.39, 0.29) is 30.4 Å². The van der Waals surface area contributed by atoms with E-state index in [1.165, 1.54) is 0 Å². The number of amides is 3. The zero-order chi connectivity index (χ0) is 18.2. The third-order valence-electron chi connectivity index (χ3n) is 4.55. The number of likely N-dealkylation sites (tertiary alicyclic amines) is 1. The van der Waals surface area contributed by atoms with Crippen LogP contribution in [0.15, 0.2) is 24.3 Å². The monoisotopic (exact) mass is 382 g/mol. The van der Waals surface area contributed by atoms with Gasteiger partial charge in [-0.3, -0.25) is 4.79 Å². The number of carbonyl (C=O) groups excluding carboxylic acids is 2. The van der Waals surface area contributed by atoms with E-state index in [0.29, 0.717) is 25.4 Å². The number of anilines is 1. The predicted octanol–water partition coefficient (Wildman–Crippen LogP) is 2.90. The summed E-state index contributed by atoms with van der Waals surface area (Å²) in [5, 5.41) is 5.75. The fraction of sp³-hybridized carbons (Fsp3) is 0.579. The maximum atomic E-state index is 12.2. The number of nitrogens with zero attached hydrogens (tertiary/aromatic N) is 1. The first-order valence-corrected chi connectivity index (χ1v) is 9.09. The molecule has 0 bridgehead atoms. The molecule has 0 saturated carbocycles. The van der Waals surface area contributed by atoms with Gasteiger partial charge >= 0.3 is 6.03 Å². The topological polar surface area (TPSA) is 87.5 Å². The van der Waals surface area contributed by atoms with Gasteiger partial charge < -0.3 is 21.3 Å². The third kappa shape index (κ3) is 7.62. The van der Waals surface area contributed by atoms with Crippen molar-refractivity contribution in [1.82, 2.24) is 10.2 Å². The molecule has 26 heavy (non-hydrogen) atoms. The van der Waals surface area contributed by atoms with Gasteiger partial charge in [-0.05, 0) is 51.2 Å². The second-order valence-electron chi connectivity index (χ2n) is 7.07. The van der Waals surface area contributed by atoms with Crippen LogP contribution >= 0.6 is 12.4 Å². The summed E-state index contributed by atoms with van der Waals surface area (Å²) in [6, 6.07) is 7.54. The molecule has 1 aliphatic rings. The Labute approximate surface area is 162 Å². The second kappa shape index (κ2) is 11.0. The average molecular weight is 383 g/mol. The smallest absolute Gasteiger partial charge is 0.319 e. The number of urea groups is 1. The quantitative estimate of drug-likeness (QED) is 0.706. The van der Waals surface area contributed by atoms with E-state index in [1.807, 2.05) is 43.0 Å². The number of hydrogen-bond acceptors (Lipinski definition) is 3. The van der Waals surface area contributed by atoms with E-state index < -0.39 is 0 Å². The van der Waals surface area contributed by atoms with E-state index in [2.05, 4.69) is 10.6 Å². The highest BCUT2D eigenvalue weighted by molar-refractivity contribution is 5.89. The van der Waals surface area contributed by atoms with Gasteiger partial charge in [0, 0.05) is 37.8 Å². The number of rotatable bonds is 6. The van der Waals surface area contributed by atoms with Crippen LogP contribution in [0.1, 0.15) is 38.2 Å². The van der Waals surface area contributed by atoms with Gasteiger partial charge in [-0.25, -0.2) is 4.79 Å². The molecule has 4 N–H and O–H groups in total. The normalized spacial score (nSPS) is 17.8. The number of hydrogen-bond donors (Lipinski definition) is 3. The molecular formula is C19H31ClN4O2. The van der Waals surface area contributed by atoms with Gasteiger partial charge in [0.15, 0.2) is 0 Å². The first-order valence-electron chi connectivity index (χ1n) is 9.09. The van der Waals surface area contributed by atoms with E-state index >= 15 is 0 Å². The Balaban J connectivity index is 0.00000338. The SMILES string of the molecule is Cc1ccc(NC(=O)NCC2CCCN(C(=O)CCC(C)N)C2)cc1.Cl. The zero-order valence-electron chi connectivity index (χ0n) is 15.7. The number of aryl methyl sites for hydroxylation is 1. The average Bonchev–Trinajstić information content (AvgIpc) is 2.60. The van der Waals surface area contributed by atoms with Gasteiger partial charge in [0.2, 0.25) is 5.91 Å². The highest BCUT2D eigenvalue weighted by Crippen LogP contribution is 2.17. The minimum absolute atomic E-state index is 0. The molecule has 3 amide bonds. The van der Waals surface area contributed by atoms with Crippen molar-refractivity contribution in [3.05, 3.63) is 29.8 Å². The molecular weight excluding hydrogens is 352 g/mol. The van der Waals surface area contributed by atoms with Crippen LogP contribution in [0.5, 0.6) is 0 Å². The number of nitrogens with two attached hydrogens (primary N) is 1. The predicted molar refractivity (Wildman–Crippen MR) is 108 cm³/mol. The maximum absolute atomic E-state index is 12.2. The molecule has 0 radical (unpaired) electrons. The fourth-order valence-electron chi connectivity index (χ4n) is 3.02. The molecule has 1 aromatic rings. The Bertz CT molecular complexity index is 577. The zero-order valence-corrected chi connectivity index (χ0v) is 16.5. The first kappa shape index (κ1) is 22.3. The lowest BCUT2D eigenvalue weighted by atomic mass is 9.97. The standard InChI is InChI=1S/C19H30N4O2.ClH/c1-14-5-8-17(9-6-14)22-19(25)21-12-16-4-3-11-23(13-16)18(24)10-7-15(2)20;/h5-6,8-9,15-16H,3-4,7,10-13,20H2,1-2H3,(H2,21,22,25);1H. The van der Waals surface area contributed by atoms with Gasteiger partial charge in [-0.2, -0.15) is 0 Å². The molecule has 1 saturated heterocycles. The Hall–Kier alpha value is -1.79. The van der Waals surface area contributed by atoms with Crippen LogP contribution in [-0.2, 0) is 4.79 Å². The minimum Gasteiger partial charge on any atom is -0.342 e. The van der Waals surface area contributed by atoms with Gasteiger partial charge in [-0.1, -0.05) is 17.7 Å². The van der Waals surface area contributed by atoms with Gasteiger partial charge in [0.25, 0.3) is 0 Å². The third-order valence-corrected chi connectivity index (χ3v) is 4.55. The summed E-state index contributed by atoms with van der Waals surface area (Å²) in [4.78, 5) is 26.2. The van der Waals surface area contributed by atoms with E-state index in [1.54, 1.807) is 0 Å². The van der Waals surface area contributed by atoms with Crippen molar-refractivity contribution in [2.24, 2.45) is 11.7 Å². The Morgan fingerprint density at radius 1 is 1.31 bits per heavy atom. The lowest BCUT2D eigenvalue weighted by Gasteiger charge is -2.33. The van der Waals surface area contributed by atoms with Crippen LogP contribution < -0.4 is 16.4 Å². The molecule has 146 valence electrons. The first-order chi connectivity index (χ1) is 11.9. The van der Waals surface area contributed by atoms with E-state index in [4.69, 9.17) is 5.73 Å². The molecule has 1 fully saturated rings. The second-order valence-corrected chi connectivity index (χ2v) is 7.07. The molecule has 6 nitrogen and oxygen atoms in total. The fourth-order valence-corrected chi connectivity index (χ4v) is 3.02. The summed E-state index contributed by atoms with van der Waals surface area (Å²) in [6.07, 6.45) is 3.24.